The van der Waals surface area contributed by atoms with Crippen LogP contribution in [-0.4, -0.2) is 56.1 Å². The van der Waals surface area contributed by atoms with Crippen LogP contribution in [0.15, 0.2) is 33.7 Å². The standard InChI is InChI=1S/C20H27N3O6S/c1-4-27-17-5-7-18(8-6-17)28-13-19(24)21-16-9-11-23(12-10-16)30(25,26)20-14(2)22-29-15(20)3/h5-8,16H,4,9-13H2,1-3H3,(H,21,24). The van der Waals surface area contributed by atoms with E-state index < -0.39 is 10.0 Å². The van der Waals surface area contributed by atoms with Gasteiger partial charge in [0.2, 0.25) is 10.0 Å². The minimum atomic E-state index is -3.66. The molecule has 1 aromatic heterocycles. The predicted molar refractivity (Wildman–Crippen MR) is 109 cm³/mol. The molecule has 0 bridgehead atoms. The summed E-state index contributed by atoms with van der Waals surface area (Å²) in [4.78, 5) is 12.3. The van der Waals surface area contributed by atoms with Crippen molar-refractivity contribution >= 4 is 15.9 Å². The number of carbonyl (C=O) groups is 1. The first kappa shape index (κ1) is 22.1. The molecule has 164 valence electrons. The fourth-order valence-corrected chi connectivity index (χ4v) is 5.19. The molecular weight excluding hydrogens is 410 g/mol. The highest BCUT2D eigenvalue weighted by Gasteiger charge is 2.34. The Balaban J connectivity index is 1.47. The van der Waals surface area contributed by atoms with Gasteiger partial charge in [-0.2, -0.15) is 4.31 Å². The maximum Gasteiger partial charge on any atom is 0.258 e. The van der Waals surface area contributed by atoms with Gasteiger partial charge in [0.15, 0.2) is 12.4 Å². The number of benzene rings is 1. The van der Waals surface area contributed by atoms with Crippen molar-refractivity contribution in [2.45, 2.75) is 44.6 Å². The molecule has 2 heterocycles. The van der Waals surface area contributed by atoms with Crippen LogP contribution in [0.25, 0.3) is 0 Å². The summed E-state index contributed by atoms with van der Waals surface area (Å²) in [5.41, 5.74) is 0.356. The van der Waals surface area contributed by atoms with Gasteiger partial charge in [-0.25, -0.2) is 8.42 Å². The van der Waals surface area contributed by atoms with Crippen molar-refractivity contribution in [3.05, 3.63) is 35.7 Å². The van der Waals surface area contributed by atoms with Gasteiger partial charge in [-0.05, 0) is 57.9 Å². The van der Waals surface area contributed by atoms with Crippen molar-refractivity contribution in [1.82, 2.24) is 14.8 Å². The Kier molecular flexibility index (Phi) is 6.99. The summed E-state index contributed by atoms with van der Waals surface area (Å²) < 4.78 is 43.0. The zero-order valence-electron chi connectivity index (χ0n) is 17.4. The van der Waals surface area contributed by atoms with Crippen molar-refractivity contribution in [2.24, 2.45) is 0 Å². The number of amides is 1. The maximum absolute atomic E-state index is 12.9. The van der Waals surface area contributed by atoms with E-state index in [0.29, 0.717) is 44.0 Å². The SMILES string of the molecule is CCOc1ccc(OCC(=O)NC2CCN(S(=O)(=O)c3c(C)noc3C)CC2)cc1. The molecule has 1 aliphatic heterocycles. The second-order valence-corrected chi connectivity index (χ2v) is 8.97. The van der Waals surface area contributed by atoms with E-state index in [0.717, 1.165) is 5.75 Å². The van der Waals surface area contributed by atoms with Crippen molar-refractivity contribution in [3.63, 3.8) is 0 Å². The van der Waals surface area contributed by atoms with Gasteiger partial charge >= 0.3 is 0 Å². The van der Waals surface area contributed by atoms with E-state index in [1.807, 2.05) is 6.92 Å². The topological polar surface area (TPSA) is 111 Å². The van der Waals surface area contributed by atoms with Crippen molar-refractivity contribution in [1.29, 1.82) is 0 Å². The third-order valence-electron chi connectivity index (χ3n) is 4.89. The van der Waals surface area contributed by atoms with E-state index in [1.54, 1.807) is 38.1 Å². The van der Waals surface area contributed by atoms with Crippen LogP contribution in [0.2, 0.25) is 0 Å². The Labute approximate surface area is 176 Å². The average Bonchev–Trinajstić information content (AvgIpc) is 3.07. The summed E-state index contributed by atoms with van der Waals surface area (Å²) in [7, 11) is -3.66. The van der Waals surface area contributed by atoms with Crippen LogP contribution in [-0.2, 0) is 14.8 Å². The average molecular weight is 438 g/mol. The van der Waals surface area contributed by atoms with E-state index in [9.17, 15) is 13.2 Å². The molecule has 3 rings (SSSR count). The summed E-state index contributed by atoms with van der Waals surface area (Å²) in [6.07, 6.45) is 1.05. The number of ether oxygens (including phenoxy) is 2. The molecule has 1 aliphatic rings. The monoisotopic (exact) mass is 437 g/mol. The van der Waals surface area contributed by atoms with Crippen LogP contribution in [0.1, 0.15) is 31.2 Å². The lowest BCUT2D eigenvalue weighted by Crippen LogP contribution is -2.47. The van der Waals surface area contributed by atoms with E-state index in [1.165, 1.54) is 4.31 Å². The van der Waals surface area contributed by atoms with Crippen LogP contribution in [0.4, 0.5) is 0 Å². The van der Waals surface area contributed by atoms with Gasteiger partial charge in [0, 0.05) is 19.1 Å². The highest BCUT2D eigenvalue weighted by molar-refractivity contribution is 7.89. The molecule has 0 saturated carbocycles. The molecule has 0 aliphatic carbocycles. The van der Waals surface area contributed by atoms with Crippen molar-refractivity contribution < 1.29 is 27.2 Å². The fraction of sp³-hybridized carbons (Fsp3) is 0.500. The normalized spacial score (nSPS) is 15.7. The molecule has 1 aromatic carbocycles. The molecule has 9 nitrogen and oxygen atoms in total. The zero-order valence-corrected chi connectivity index (χ0v) is 18.2. The number of hydrogen-bond acceptors (Lipinski definition) is 7. The predicted octanol–water partition coefficient (Wildman–Crippen LogP) is 2.04. The first-order valence-corrected chi connectivity index (χ1v) is 11.3. The number of aromatic nitrogens is 1. The van der Waals surface area contributed by atoms with E-state index in [-0.39, 0.29) is 29.2 Å². The number of carbonyl (C=O) groups excluding carboxylic acids is 1. The minimum Gasteiger partial charge on any atom is -0.494 e. The maximum atomic E-state index is 12.9. The minimum absolute atomic E-state index is 0.0995. The number of piperidine rings is 1. The van der Waals surface area contributed by atoms with E-state index in [4.69, 9.17) is 14.0 Å². The molecule has 1 saturated heterocycles. The molecular formula is C20H27N3O6S. The number of hydrogen-bond donors (Lipinski definition) is 1. The van der Waals surface area contributed by atoms with Crippen LogP contribution >= 0.6 is 0 Å². The molecule has 0 spiro atoms. The number of aryl methyl sites for hydroxylation is 2. The summed E-state index contributed by atoms with van der Waals surface area (Å²) in [5.74, 6) is 1.37. The van der Waals surface area contributed by atoms with Gasteiger partial charge in [-0.1, -0.05) is 5.16 Å². The molecule has 2 aromatic rings. The Morgan fingerprint density at radius 2 is 1.77 bits per heavy atom. The molecule has 10 heteroatoms. The largest absolute Gasteiger partial charge is 0.494 e. The van der Waals surface area contributed by atoms with Crippen molar-refractivity contribution in [3.8, 4) is 11.5 Å². The second kappa shape index (κ2) is 9.48. The molecule has 1 N–H and O–H groups in total. The van der Waals surface area contributed by atoms with Gasteiger partial charge in [0.1, 0.15) is 22.1 Å². The molecule has 0 unspecified atom stereocenters. The summed E-state index contributed by atoms with van der Waals surface area (Å²) >= 11 is 0. The van der Waals surface area contributed by atoms with Crippen LogP contribution < -0.4 is 14.8 Å². The summed E-state index contributed by atoms with van der Waals surface area (Å²) in [6.45, 7) is 6.22. The molecule has 1 amide bonds. The van der Waals surface area contributed by atoms with Crippen molar-refractivity contribution in [2.75, 3.05) is 26.3 Å². The van der Waals surface area contributed by atoms with Gasteiger partial charge < -0.3 is 19.3 Å². The van der Waals surface area contributed by atoms with E-state index in [2.05, 4.69) is 10.5 Å². The number of nitrogens with zero attached hydrogens (tertiary/aromatic N) is 2. The summed E-state index contributed by atoms with van der Waals surface area (Å²) in [6, 6.07) is 6.96. The first-order chi connectivity index (χ1) is 14.3. The lowest BCUT2D eigenvalue weighted by Gasteiger charge is -2.31. The molecule has 1 fully saturated rings. The van der Waals surface area contributed by atoms with Gasteiger partial charge in [0.25, 0.3) is 5.91 Å². The third-order valence-corrected chi connectivity index (χ3v) is 7.03. The smallest absolute Gasteiger partial charge is 0.258 e. The van der Waals surface area contributed by atoms with Gasteiger partial charge in [0.05, 0.1) is 6.61 Å². The van der Waals surface area contributed by atoms with Crippen LogP contribution in [0.5, 0.6) is 11.5 Å². The number of rotatable bonds is 8. The molecule has 0 atom stereocenters. The van der Waals surface area contributed by atoms with E-state index >= 15 is 0 Å². The molecule has 30 heavy (non-hydrogen) atoms. The lowest BCUT2D eigenvalue weighted by atomic mass is 10.1. The van der Waals surface area contributed by atoms with Crippen LogP contribution in [0.3, 0.4) is 0 Å². The quantitative estimate of drug-likeness (QED) is 0.673. The lowest BCUT2D eigenvalue weighted by molar-refractivity contribution is -0.124. The van der Waals surface area contributed by atoms with Crippen LogP contribution in [0, 0.1) is 13.8 Å². The summed E-state index contributed by atoms with van der Waals surface area (Å²) in [5, 5.41) is 6.64. The Hall–Kier alpha value is -2.59. The Morgan fingerprint density at radius 3 is 2.30 bits per heavy atom. The molecule has 0 radical (unpaired) electrons. The first-order valence-electron chi connectivity index (χ1n) is 9.89. The number of sulfonamides is 1. The second-order valence-electron chi connectivity index (χ2n) is 7.09. The Morgan fingerprint density at radius 1 is 1.17 bits per heavy atom. The third kappa shape index (κ3) is 5.11. The Bertz CT molecular complexity index is 943. The number of nitrogens with one attached hydrogen (secondary N) is 1. The zero-order chi connectivity index (χ0) is 21.7. The fourth-order valence-electron chi connectivity index (χ4n) is 3.43. The highest BCUT2D eigenvalue weighted by atomic mass is 32.2. The van der Waals surface area contributed by atoms with Gasteiger partial charge in [-0.15, -0.1) is 0 Å². The van der Waals surface area contributed by atoms with Gasteiger partial charge in [-0.3, -0.25) is 4.79 Å². The highest BCUT2D eigenvalue weighted by Crippen LogP contribution is 2.26.